The Morgan fingerprint density at radius 1 is 1.07 bits per heavy atom. The van der Waals surface area contributed by atoms with Crippen LogP contribution in [0, 0.1) is 5.82 Å². The summed E-state index contributed by atoms with van der Waals surface area (Å²) in [5.41, 5.74) is 0. The van der Waals surface area contributed by atoms with E-state index in [1.165, 1.54) is 24.1 Å². The van der Waals surface area contributed by atoms with Gasteiger partial charge in [-0.2, -0.15) is 0 Å². The summed E-state index contributed by atoms with van der Waals surface area (Å²) >= 11 is 0. The molecule has 8 heteroatoms. The van der Waals surface area contributed by atoms with Crippen LogP contribution in [-0.4, -0.2) is 55.8 Å². The highest BCUT2D eigenvalue weighted by atomic mass is 19.1. The van der Waals surface area contributed by atoms with Gasteiger partial charge in [0, 0.05) is 6.42 Å². The van der Waals surface area contributed by atoms with E-state index in [4.69, 9.17) is 18.9 Å². The van der Waals surface area contributed by atoms with Gasteiger partial charge < -0.3 is 23.8 Å². The summed E-state index contributed by atoms with van der Waals surface area (Å²) < 4.78 is 35.3. The van der Waals surface area contributed by atoms with Crippen LogP contribution < -0.4 is 14.2 Å². The van der Waals surface area contributed by atoms with Crippen molar-refractivity contribution in [2.75, 3.05) is 26.9 Å². The van der Waals surface area contributed by atoms with Gasteiger partial charge in [0.2, 0.25) is 0 Å². The van der Waals surface area contributed by atoms with Crippen molar-refractivity contribution in [2.45, 2.75) is 25.5 Å². The number of hydrogen-bond donors (Lipinski definition) is 0. The van der Waals surface area contributed by atoms with E-state index in [1.54, 1.807) is 36.4 Å². The third-order valence-corrected chi connectivity index (χ3v) is 4.68. The van der Waals surface area contributed by atoms with Gasteiger partial charge in [-0.05, 0) is 43.3 Å². The first kappa shape index (κ1) is 21.4. The molecule has 0 saturated carbocycles. The zero-order valence-corrected chi connectivity index (χ0v) is 16.9. The third-order valence-electron chi connectivity index (χ3n) is 4.68. The van der Waals surface area contributed by atoms with Gasteiger partial charge in [-0.1, -0.05) is 12.1 Å². The third kappa shape index (κ3) is 5.20. The van der Waals surface area contributed by atoms with Crippen molar-refractivity contribution >= 4 is 11.9 Å². The number of benzene rings is 2. The lowest BCUT2D eigenvalue weighted by Gasteiger charge is -2.22. The van der Waals surface area contributed by atoms with E-state index in [1.807, 2.05) is 6.92 Å². The number of carbonyl (C=O) groups excluding carboxylic acids is 2. The maximum Gasteiger partial charge on any atom is 0.328 e. The molecule has 0 aromatic heterocycles. The first-order valence-electron chi connectivity index (χ1n) is 9.66. The van der Waals surface area contributed by atoms with Crippen LogP contribution in [0.4, 0.5) is 4.39 Å². The topological polar surface area (TPSA) is 74.3 Å². The van der Waals surface area contributed by atoms with Gasteiger partial charge in [0.25, 0.3) is 5.91 Å². The van der Waals surface area contributed by atoms with E-state index in [0.29, 0.717) is 18.1 Å². The monoisotopic (exact) mass is 417 g/mol. The lowest BCUT2D eigenvalue weighted by molar-refractivity contribution is -0.151. The second-order valence-corrected chi connectivity index (χ2v) is 6.68. The lowest BCUT2D eigenvalue weighted by atomic mass is 10.2. The normalized spacial score (nSPS) is 18.0. The van der Waals surface area contributed by atoms with Crippen molar-refractivity contribution in [3.63, 3.8) is 0 Å². The maximum absolute atomic E-state index is 13.9. The zero-order chi connectivity index (χ0) is 21.5. The molecule has 0 N–H and O–H groups in total. The Morgan fingerprint density at radius 3 is 2.37 bits per heavy atom. The predicted molar refractivity (Wildman–Crippen MR) is 106 cm³/mol. The molecule has 30 heavy (non-hydrogen) atoms. The Morgan fingerprint density at radius 2 is 1.73 bits per heavy atom. The first-order valence-corrected chi connectivity index (χ1v) is 9.66. The molecular formula is C22H24FNO6. The highest BCUT2D eigenvalue weighted by Crippen LogP contribution is 2.26. The molecule has 0 radical (unpaired) electrons. The van der Waals surface area contributed by atoms with Crippen LogP contribution in [0.2, 0.25) is 0 Å². The van der Waals surface area contributed by atoms with Crippen LogP contribution in [0.15, 0.2) is 48.5 Å². The lowest BCUT2D eigenvalue weighted by Crippen LogP contribution is -2.43. The molecule has 1 amide bonds. The van der Waals surface area contributed by atoms with E-state index in [0.717, 1.165) is 0 Å². The Balaban J connectivity index is 1.63. The van der Waals surface area contributed by atoms with Gasteiger partial charge in [-0.3, -0.25) is 4.79 Å². The van der Waals surface area contributed by atoms with Crippen LogP contribution in [0.3, 0.4) is 0 Å². The van der Waals surface area contributed by atoms with Crippen molar-refractivity contribution < 1.29 is 32.9 Å². The van der Waals surface area contributed by atoms with Gasteiger partial charge in [0.15, 0.2) is 18.2 Å². The largest absolute Gasteiger partial charge is 0.494 e. The number of likely N-dealkylation sites (tertiary alicyclic amines) is 1. The van der Waals surface area contributed by atoms with E-state index in [2.05, 4.69) is 0 Å². The van der Waals surface area contributed by atoms with E-state index >= 15 is 0 Å². The van der Waals surface area contributed by atoms with Crippen molar-refractivity contribution in [1.29, 1.82) is 0 Å². The summed E-state index contributed by atoms with van der Waals surface area (Å²) in [6, 6.07) is 12.1. The zero-order valence-electron chi connectivity index (χ0n) is 16.9. The van der Waals surface area contributed by atoms with Crippen LogP contribution in [0.5, 0.6) is 17.2 Å². The fraction of sp³-hybridized carbons (Fsp3) is 0.364. The van der Waals surface area contributed by atoms with Crippen LogP contribution in [-0.2, 0) is 14.3 Å². The van der Waals surface area contributed by atoms with Crippen LogP contribution in [0.25, 0.3) is 0 Å². The molecule has 2 aromatic carbocycles. The number of amides is 1. The van der Waals surface area contributed by atoms with Crippen molar-refractivity contribution in [1.82, 2.24) is 4.90 Å². The molecule has 3 rings (SSSR count). The summed E-state index contributed by atoms with van der Waals surface area (Å²) in [5, 5.41) is 0. The highest BCUT2D eigenvalue weighted by Gasteiger charge is 2.41. The second kappa shape index (κ2) is 9.96. The van der Waals surface area contributed by atoms with Crippen molar-refractivity contribution in [3.8, 4) is 17.2 Å². The first-order chi connectivity index (χ1) is 14.5. The number of nitrogens with zero attached hydrogens (tertiary/aromatic N) is 1. The Kier molecular flexibility index (Phi) is 7.11. The molecular weight excluding hydrogens is 393 g/mol. The van der Waals surface area contributed by atoms with Gasteiger partial charge in [0.05, 0.1) is 20.3 Å². The van der Waals surface area contributed by atoms with E-state index < -0.39 is 23.9 Å². The number of esters is 1. The number of carbonyl (C=O) groups is 2. The van der Waals surface area contributed by atoms with Gasteiger partial charge >= 0.3 is 5.97 Å². The summed E-state index contributed by atoms with van der Waals surface area (Å²) in [6.07, 6.45) is -0.337. The molecule has 7 nitrogen and oxygen atoms in total. The number of ether oxygens (including phenoxy) is 4. The summed E-state index contributed by atoms with van der Waals surface area (Å²) in [7, 11) is 1.26. The van der Waals surface area contributed by atoms with Crippen LogP contribution >= 0.6 is 0 Å². The molecule has 2 unspecified atom stereocenters. The number of halogens is 1. The minimum absolute atomic E-state index is 0.0750. The molecule has 1 heterocycles. The molecule has 1 aliphatic rings. The Bertz CT molecular complexity index is 872. The molecule has 2 atom stereocenters. The molecule has 1 saturated heterocycles. The minimum atomic E-state index is -0.816. The molecule has 0 aliphatic carbocycles. The number of methoxy groups -OCH3 is 1. The molecule has 0 bridgehead atoms. The fourth-order valence-corrected chi connectivity index (χ4v) is 3.26. The quantitative estimate of drug-likeness (QED) is 0.615. The second-order valence-electron chi connectivity index (χ2n) is 6.68. The standard InChI is InChI=1S/C22H24FNO6/c1-3-28-15-8-10-16(11-9-15)29-14-21(25)24-13-17(12-19(24)22(26)27-2)30-20-7-5-4-6-18(20)23/h4-11,17,19H,3,12-14H2,1-2H3. The number of rotatable bonds is 8. The summed E-state index contributed by atoms with van der Waals surface area (Å²) in [6.45, 7) is 2.31. The van der Waals surface area contributed by atoms with Gasteiger partial charge in [-0.25, -0.2) is 9.18 Å². The Labute approximate surface area is 174 Å². The maximum atomic E-state index is 13.9. The smallest absolute Gasteiger partial charge is 0.328 e. The fourth-order valence-electron chi connectivity index (χ4n) is 3.26. The van der Waals surface area contributed by atoms with E-state index in [-0.39, 0.29) is 31.2 Å². The predicted octanol–water partition coefficient (Wildman–Crippen LogP) is 2.82. The molecule has 160 valence electrons. The van der Waals surface area contributed by atoms with Gasteiger partial charge in [-0.15, -0.1) is 0 Å². The highest BCUT2D eigenvalue weighted by molar-refractivity contribution is 5.86. The Hall–Kier alpha value is -3.29. The summed E-state index contributed by atoms with van der Waals surface area (Å²) in [4.78, 5) is 26.2. The number of hydrogen-bond acceptors (Lipinski definition) is 6. The SMILES string of the molecule is CCOc1ccc(OCC(=O)N2CC(Oc3ccccc3F)CC2C(=O)OC)cc1. The molecule has 1 aliphatic heterocycles. The molecule has 0 spiro atoms. The average Bonchev–Trinajstić information content (AvgIpc) is 3.18. The molecule has 2 aromatic rings. The van der Waals surface area contributed by atoms with Crippen molar-refractivity contribution in [2.24, 2.45) is 0 Å². The van der Waals surface area contributed by atoms with E-state index in [9.17, 15) is 14.0 Å². The average molecular weight is 417 g/mol. The van der Waals surface area contributed by atoms with Crippen LogP contribution in [0.1, 0.15) is 13.3 Å². The minimum Gasteiger partial charge on any atom is -0.494 e. The molecule has 1 fully saturated rings. The number of para-hydroxylation sites is 1. The summed E-state index contributed by atoms with van der Waals surface area (Å²) in [5.74, 6) is -0.167. The van der Waals surface area contributed by atoms with Gasteiger partial charge in [0.1, 0.15) is 23.6 Å². The van der Waals surface area contributed by atoms with Crippen molar-refractivity contribution in [3.05, 3.63) is 54.3 Å².